The summed E-state index contributed by atoms with van der Waals surface area (Å²) in [6.45, 7) is 4.02. The SMILES string of the molecule is C=CCn1cc(-n2c(-c3cccc(F)c3)nc3c(N)ncnc32)ccc1=O. The zero-order valence-electron chi connectivity index (χ0n) is 14.2. The van der Waals surface area contributed by atoms with E-state index in [4.69, 9.17) is 5.73 Å². The summed E-state index contributed by atoms with van der Waals surface area (Å²) in [5, 5.41) is 0. The molecule has 0 saturated heterocycles. The van der Waals surface area contributed by atoms with E-state index in [2.05, 4.69) is 21.5 Å². The summed E-state index contributed by atoms with van der Waals surface area (Å²) in [4.78, 5) is 24.8. The zero-order valence-corrected chi connectivity index (χ0v) is 14.2. The van der Waals surface area contributed by atoms with Gasteiger partial charge in [0.05, 0.1) is 5.69 Å². The molecular weight excluding hydrogens is 347 g/mol. The highest BCUT2D eigenvalue weighted by Gasteiger charge is 2.18. The highest BCUT2D eigenvalue weighted by Crippen LogP contribution is 2.29. The van der Waals surface area contributed by atoms with Crippen molar-refractivity contribution in [1.82, 2.24) is 24.1 Å². The van der Waals surface area contributed by atoms with Crippen LogP contribution in [0.4, 0.5) is 10.2 Å². The molecule has 8 heteroatoms. The standard InChI is InChI=1S/C19H15FN6O/c1-2-8-25-10-14(6-7-15(25)27)26-18(12-4-3-5-13(20)9-12)24-16-17(21)22-11-23-19(16)26/h2-7,9-11H,1,8H2,(H2,21,22,23). The Labute approximate surface area is 153 Å². The number of hydrogen-bond acceptors (Lipinski definition) is 5. The van der Waals surface area contributed by atoms with Crippen LogP contribution in [0, 0.1) is 5.82 Å². The second-order valence-electron chi connectivity index (χ2n) is 5.88. The largest absolute Gasteiger partial charge is 0.382 e. The molecule has 0 fully saturated rings. The lowest BCUT2D eigenvalue weighted by molar-refractivity contribution is 0.628. The Kier molecular flexibility index (Phi) is 4.00. The summed E-state index contributed by atoms with van der Waals surface area (Å²) in [6, 6.07) is 9.18. The Balaban J connectivity index is 2.06. The van der Waals surface area contributed by atoms with E-state index in [9.17, 15) is 9.18 Å². The molecule has 0 amide bonds. The van der Waals surface area contributed by atoms with Gasteiger partial charge in [0.1, 0.15) is 18.0 Å². The number of nitrogens with two attached hydrogens (primary N) is 1. The quantitative estimate of drug-likeness (QED) is 0.563. The number of aromatic nitrogens is 5. The Bertz CT molecular complexity index is 1230. The normalized spacial score (nSPS) is 11.0. The number of nitrogens with zero attached hydrogens (tertiary/aromatic N) is 5. The summed E-state index contributed by atoms with van der Waals surface area (Å²) in [6.07, 6.45) is 4.64. The molecule has 4 aromatic rings. The summed E-state index contributed by atoms with van der Waals surface area (Å²) >= 11 is 0. The van der Waals surface area contributed by atoms with E-state index in [0.717, 1.165) is 0 Å². The molecule has 2 N–H and O–H groups in total. The Morgan fingerprint density at radius 1 is 1.22 bits per heavy atom. The minimum Gasteiger partial charge on any atom is -0.382 e. The number of imidazole rings is 1. The first-order chi connectivity index (χ1) is 13.1. The summed E-state index contributed by atoms with van der Waals surface area (Å²) in [5.41, 5.74) is 7.84. The molecule has 0 spiro atoms. The van der Waals surface area contributed by atoms with Crippen molar-refractivity contribution in [1.29, 1.82) is 0 Å². The number of pyridine rings is 1. The Morgan fingerprint density at radius 2 is 2.07 bits per heavy atom. The average Bonchev–Trinajstić information content (AvgIpc) is 3.05. The number of allylic oxidation sites excluding steroid dienone is 1. The maximum atomic E-state index is 13.8. The van der Waals surface area contributed by atoms with E-state index < -0.39 is 0 Å². The Morgan fingerprint density at radius 3 is 2.85 bits per heavy atom. The van der Waals surface area contributed by atoms with Crippen LogP contribution in [-0.4, -0.2) is 24.1 Å². The van der Waals surface area contributed by atoms with Crippen LogP contribution < -0.4 is 11.3 Å². The molecule has 7 nitrogen and oxygen atoms in total. The van der Waals surface area contributed by atoms with Gasteiger partial charge >= 0.3 is 0 Å². The number of halogens is 1. The first-order valence-electron chi connectivity index (χ1n) is 8.15. The predicted octanol–water partition coefficient (Wildman–Crippen LogP) is 2.55. The number of rotatable bonds is 4. The van der Waals surface area contributed by atoms with Gasteiger partial charge < -0.3 is 10.3 Å². The molecular formula is C19H15FN6O. The third-order valence-corrected chi connectivity index (χ3v) is 4.11. The van der Waals surface area contributed by atoms with Gasteiger partial charge in [-0.05, 0) is 18.2 Å². The fourth-order valence-electron chi connectivity index (χ4n) is 2.91. The van der Waals surface area contributed by atoms with Gasteiger partial charge in [-0.15, -0.1) is 6.58 Å². The van der Waals surface area contributed by atoms with Gasteiger partial charge in [-0.25, -0.2) is 19.3 Å². The summed E-state index contributed by atoms with van der Waals surface area (Å²) < 4.78 is 17.0. The van der Waals surface area contributed by atoms with Crippen molar-refractivity contribution in [3.63, 3.8) is 0 Å². The smallest absolute Gasteiger partial charge is 0.250 e. The van der Waals surface area contributed by atoms with Crippen LogP contribution in [0.15, 0.2) is 66.4 Å². The third-order valence-electron chi connectivity index (χ3n) is 4.11. The summed E-state index contributed by atoms with van der Waals surface area (Å²) in [7, 11) is 0. The molecule has 1 aromatic carbocycles. The molecule has 0 radical (unpaired) electrons. The average molecular weight is 362 g/mol. The minimum absolute atomic E-state index is 0.162. The van der Waals surface area contributed by atoms with Crippen molar-refractivity contribution in [3.8, 4) is 17.1 Å². The predicted molar refractivity (Wildman–Crippen MR) is 101 cm³/mol. The third kappa shape index (κ3) is 2.86. The fourth-order valence-corrected chi connectivity index (χ4v) is 2.91. The molecule has 0 bridgehead atoms. The van der Waals surface area contributed by atoms with E-state index >= 15 is 0 Å². The van der Waals surface area contributed by atoms with Crippen molar-refractivity contribution >= 4 is 17.0 Å². The number of hydrogen-bond donors (Lipinski definition) is 1. The van der Waals surface area contributed by atoms with Gasteiger partial charge in [-0.1, -0.05) is 18.2 Å². The minimum atomic E-state index is -0.387. The van der Waals surface area contributed by atoms with E-state index in [1.54, 1.807) is 35.0 Å². The molecule has 3 heterocycles. The number of fused-ring (bicyclic) bond motifs is 1. The van der Waals surface area contributed by atoms with Crippen LogP contribution in [0.1, 0.15) is 0 Å². The van der Waals surface area contributed by atoms with Crippen LogP contribution in [0.5, 0.6) is 0 Å². The van der Waals surface area contributed by atoms with Crippen molar-refractivity contribution in [2.24, 2.45) is 0 Å². The van der Waals surface area contributed by atoms with Crippen LogP contribution in [0.3, 0.4) is 0 Å². The molecule has 0 unspecified atom stereocenters. The molecule has 0 aliphatic heterocycles. The monoisotopic (exact) mass is 362 g/mol. The van der Waals surface area contributed by atoms with Crippen LogP contribution in [0.2, 0.25) is 0 Å². The second kappa shape index (κ2) is 6.49. The number of nitrogen functional groups attached to an aromatic ring is 1. The van der Waals surface area contributed by atoms with Gasteiger partial charge in [-0.3, -0.25) is 9.36 Å². The van der Waals surface area contributed by atoms with Gasteiger partial charge in [0.2, 0.25) is 0 Å². The summed E-state index contributed by atoms with van der Waals surface area (Å²) in [5.74, 6) is 0.276. The van der Waals surface area contributed by atoms with E-state index in [1.807, 2.05) is 0 Å². The van der Waals surface area contributed by atoms with E-state index in [-0.39, 0.29) is 17.2 Å². The first-order valence-corrected chi connectivity index (χ1v) is 8.15. The maximum Gasteiger partial charge on any atom is 0.250 e. The highest BCUT2D eigenvalue weighted by atomic mass is 19.1. The molecule has 3 aromatic heterocycles. The van der Waals surface area contributed by atoms with Crippen molar-refractivity contribution in [3.05, 3.63) is 77.7 Å². The highest BCUT2D eigenvalue weighted by molar-refractivity contribution is 5.87. The topological polar surface area (TPSA) is 91.6 Å². The van der Waals surface area contributed by atoms with Crippen molar-refractivity contribution in [2.45, 2.75) is 6.54 Å². The van der Waals surface area contributed by atoms with Crippen LogP contribution in [0.25, 0.3) is 28.2 Å². The molecule has 4 rings (SSSR count). The molecule has 0 aliphatic carbocycles. The van der Waals surface area contributed by atoms with E-state index in [1.165, 1.54) is 29.1 Å². The lowest BCUT2D eigenvalue weighted by Gasteiger charge is -2.11. The second-order valence-corrected chi connectivity index (χ2v) is 5.88. The van der Waals surface area contributed by atoms with Gasteiger partial charge in [0, 0.05) is 24.4 Å². The van der Waals surface area contributed by atoms with Crippen molar-refractivity contribution in [2.75, 3.05) is 5.73 Å². The van der Waals surface area contributed by atoms with Crippen molar-refractivity contribution < 1.29 is 4.39 Å². The van der Waals surface area contributed by atoms with E-state index in [0.29, 0.717) is 34.8 Å². The van der Waals surface area contributed by atoms with Crippen LogP contribution >= 0.6 is 0 Å². The molecule has 0 atom stereocenters. The lowest BCUT2D eigenvalue weighted by Crippen LogP contribution is -2.18. The maximum absolute atomic E-state index is 13.8. The van der Waals surface area contributed by atoms with Gasteiger partial charge in [0.25, 0.3) is 5.56 Å². The fraction of sp³-hybridized carbons (Fsp3) is 0.0526. The van der Waals surface area contributed by atoms with Crippen LogP contribution in [-0.2, 0) is 6.54 Å². The zero-order chi connectivity index (χ0) is 19.0. The number of anilines is 1. The van der Waals surface area contributed by atoms with Gasteiger partial charge in [0.15, 0.2) is 17.0 Å². The Hall–Kier alpha value is -3.81. The van der Waals surface area contributed by atoms with Gasteiger partial charge in [-0.2, -0.15) is 0 Å². The molecule has 0 aliphatic rings. The molecule has 0 saturated carbocycles. The number of benzene rings is 1. The molecule has 134 valence electrons. The first kappa shape index (κ1) is 16.6. The molecule has 27 heavy (non-hydrogen) atoms. The lowest BCUT2D eigenvalue weighted by atomic mass is 10.2.